The predicted octanol–water partition coefficient (Wildman–Crippen LogP) is 7.77. The molecule has 272 valence electrons. The standard InChI is InChI=1S/C41H47ClN6O4/c1-41(2)13-16-47(17-14-41)37-31(21-34(49)50)39(42)45-32(24-46(3)22-26-11-18-51-19-12-26)35(37)28-8-9-29-23-48(15-10-27(29)20-28)40-38-36(43-25-44-40)30-6-4-5-7-33(30)52-38/h4-9,20,25-26H,10-19,21-24H2,1-3H3,(H,49,50). The molecule has 1 N–H and O–H groups in total. The van der Waals surface area contributed by atoms with Gasteiger partial charge < -0.3 is 29.0 Å². The van der Waals surface area contributed by atoms with Crippen LogP contribution in [0.4, 0.5) is 11.5 Å². The van der Waals surface area contributed by atoms with Gasteiger partial charge in [-0.1, -0.05) is 55.8 Å². The van der Waals surface area contributed by atoms with Crippen molar-refractivity contribution < 1.29 is 19.1 Å². The van der Waals surface area contributed by atoms with Gasteiger partial charge in [-0.25, -0.2) is 15.0 Å². The summed E-state index contributed by atoms with van der Waals surface area (Å²) >= 11 is 6.99. The third-order valence-corrected chi connectivity index (χ3v) is 11.6. The molecule has 0 saturated carbocycles. The Balaban J connectivity index is 1.18. The van der Waals surface area contributed by atoms with Crippen LogP contribution in [0.2, 0.25) is 5.15 Å². The molecule has 10 nitrogen and oxygen atoms in total. The van der Waals surface area contributed by atoms with Crippen LogP contribution in [0.25, 0.3) is 33.2 Å². The molecule has 8 rings (SSSR count). The number of aromatic nitrogens is 3. The van der Waals surface area contributed by atoms with Crippen LogP contribution in [-0.4, -0.2) is 77.4 Å². The topological polar surface area (TPSA) is 108 Å². The number of fused-ring (bicyclic) bond motifs is 4. The summed E-state index contributed by atoms with van der Waals surface area (Å²) in [6.45, 7) is 10.9. The summed E-state index contributed by atoms with van der Waals surface area (Å²) in [5.41, 5.74) is 9.55. The SMILES string of the molecule is CN(Cc1nc(Cl)c(CC(=O)O)c(N2CCC(C)(C)CC2)c1-c1ccc2c(c1)CCN(c1ncnc3c1oc1ccccc13)C2)CC1CCOCC1. The molecular weight excluding hydrogens is 676 g/mol. The first kappa shape index (κ1) is 34.8. The van der Waals surface area contributed by atoms with E-state index in [1.807, 2.05) is 24.3 Å². The van der Waals surface area contributed by atoms with Crippen molar-refractivity contribution >= 4 is 51.1 Å². The Labute approximate surface area is 309 Å². The zero-order chi connectivity index (χ0) is 36.0. The van der Waals surface area contributed by atoms with Crippen molar-refractivity contribution in [2.45, 2.75) is 65.5 Å². The first-order valence-electron chi connectivity index (χ1n) is 18.6. The molecule has 52 heavy (non-hydrogen) atoms. The average molecular weight is 723 g/mol. The van der Waals surface area contributed by atoms with Crippen LogP contribution in [-0.2, 0) is 35.5 Å². The van der Waals surface area contributed by atoms with Crippen LogP contribution in [0.5, 0.6) is 0 Å². The predicted molar refractivity (Wildman–Crippen MR) is 205 cm³/mol. The van der Waals surface area contributed by atoms with Gasteiger partial charge in [0.2, 0.25) is 0 Å². The van der Waals surface area contributed by atoms with Crippen molar-refractivity contribution in [3.63, 3.8) is 0 Å². The maximum Gasteiger partial charge on any atom is 0.308 e. The number of hydrogen-bond donors (Lipinski definition) is 1. The van der Waals surface area contributed by atoms with Crippen molar-refractivity contribution in [2.75, 3.05) is 56.2 Å². The van der Waals surface area contributed by atoms with E-state index < -0.39 is 5.97 Å². The van der Waals surface area contributed by atoms with Gasteiger partial charge in [-0.3, -0.25) is 4.79 Å². The molecular formula is C41H47ClN6O4. The fourth-order valence-electron chi connectivity index (χ4n) is 8.35. The summed E-state index contributed by atoms with van der Waals surface area (Å²) in [7, 11) is 2.15. The second-order valence-electron chi connectivity index (χ2n) is 15.7. The minimum absolute atomic E-state index is 0.179. The smallest absolute Gasteiger partial charge is 0.308 e. The Morgan fingerprint density at radius 3 is 2.62 bits per heavy atom. The lowest BCUT2D eigenvalue weighted by atomic mass is 9.82. The minimum Gasteiger partial charge on any atom is -0.481 e. The number of aliphatic carboxylic acids is 1. The zero-order valence-electron chi connectivity index (χ0n) is 30.3. The Kier molecular flexibility index (Phi) is 9.57. The first-order chi connectivity index (χ1) is 25.1. The van der Waals surface area contributed by atoms with Crippen molar-refractivity contribution in [3.05, 3.63) is 76.3 Å². The van der Waals surface area contributed by atoms with E-state index in [4.69, 9.17) is 30.7 Å². The highest BCUT2D eigenvalue weighted by atomic mass is 35.5. The van der Waals surface area contributed by atoms with Gasteiger partial charge in [0.15, 0.2) is 11.4 Å². The number of hydrogen-bond acceptors (Lipinski definition) is 9. The van der Waals surface area contributed by atoms with Crippen LogP contribution in [0, 0.1) is 11.3 Å². The van der Waals surface area contributed by atoms with Crippen molar-refractivity contribution in [3.8, 4) is 11.1 Å². The van der Waals surface area contributed by atoms with Crippen LogP contribution >= 0.6 is 11.6 Å². The molecule has 3 aliphatic heterocycles. The summed E-state index contributed by atoms with van der Waals surface area (Å²) in [6.07, 6.45) is 6.40. The normalized spacial score (nSPS) is 18.0. The molecule has 0 radical (unpaired) electrons. The largest absolute Gasteiger partial charge is 0.481 e. The number of furan rings is 1. The van der Waals surface area contributed by atoms with E-state index in [1.54, 1.807) is 6.33 Å². The number of piperidine rings is 1. The van der Waals surface area contributed by atoms with E-state index in [1.165, 1.54) is 11.1 Å². The van der Waals surface area contributed by atoms with Gasteiger partial charge in [0.1, 0.15) is 22.6 Å². The van der Waals surface area contributed by atoms with Crippen molar-refractivity contribution in [1.29, 1.82) is 0 Å². The number of carboxylic acids is 1. The number of halogens is 1. The van der Waals surface area contributed by atoms with Gasteiger partial charge in [-0.05, 0) is 79.3 Å². The molecule has 0 unspecified atom stereocenters. The molecule has 0 amide bonds. The van der Waals surface area contributed by atoms with Gasteiger partial charge in [-0.15, -0.1) is 0 Å². The highest BCUT2D eigenvalue weighted by Gasteiger charge is 2.32. The van der Waals surface area contributed by atoms with Crippen LogP contribution in [0.3, 0.4) is 0 Å². The number of carboxylic acid groups (broad SMARTS) is 1. The van der Waals surface area contributed by atoms with Gasteiger partial charge in [-0.2, -0.15) is 0 Å². The summed E-state index contributed by atoms with van der Waals surface area (Å²) in [5, 5.41) is 11.4. The lowest BCUT2D eigenvalue weighted by molar-refractivity contribution is -0.136. The van der Waals surface area contributed by atoms with Crippen LogP contribution < -0.4 is 9.80 Å². The lowest BCUT2D eigenvalue weighted by Crippen LogP contribution is -2.38. The number of nitrogens with zero attached hydrogens (tertiary/aromatic N) is 6. The molecule has 3 aliphatic rings. The lowest BCUT2D eigenvalue weighted by Gasteiger charge is -2.40. The number of para-hydroxylation sites is 1. The van der Waals surface area contributed by atoms with Gasteiger partial charge in [0, 0.05) is 69.0 Å². The highest BCUT2D eigenvalue weighted by molar-refractivity contribution is 6.31. The van der Waals surface area contributed by atoms with E-state index in [0.29, 0.717) is 30.2 Å². The minimum atomic E-state index is -0.911. The summed E-state index contributed by atoms with van der Waals surface area (Å²) < 4.78 is 11.9. The fraction of sp³-hybridized carbons (Fsp3) is 0.463. The van der Waals surface area contributed by atoms with Crippen LogP contribution in [0.1, 0.15) is 61.9 Å². The molecule has 2 saturated heterocycles. The van der Waals surface area contributed by atoms with Crippen molar-refractivity contribution in [1.82, 2.24) is 19.9 Å². The number of anilines is 2. The molecule has 3 aromatic heterocycles. The van der Waals surface area contributed by atoms with Gasteiger partial charge in [0.05, 0.1) is 17.8 Å². The van der Waals surface area contributed by atoms with E-state index in [9.17, 15) is 9.90 Å². The molecule has 0 aliphatic carbocycles. The Morgan fingerprint density at radius 2 is 1.83 bits per heavy atom. The summed E-state index contributed by atoms with van der Waals surface area (Å²) in [5.74, 6) is 0.461. The highest BCUT2D eigenvalue weighted by Crippen LogP contribution is 2.44. The molecule has 0 spiro atoms. The third-order valence-electron chi connectivity index (χ3n) is 11.3. The molecule has 2 aromatic carbocycles. The van der Waals surface area contributed by atoms with E-state index in [0.717, 1.165) is 116 Å². The third kappa shape index (κ3) is 6.96. The van der Waals surface area contributed by atoms with Gasteiger partial charge in [0.25, 0.3) is 0 Å². The first-order valence-corrected chi connectivity index (χ1v) is 18.9. The monoisotopic (exact) mass is 722 g/mol. The maximum absolute atomic E-state index is 12.3. The molecule has 6 heterocycles. The summed E-state index contributed by atoms with van der Waals surface area (Å²) in [6, 6.07) is 14.7. The van der Waals surface area contributed by atoms with E-state index in [-0.39, 0.29) is 17.0 Å². The second kappa shape index (κ2) is 14.3. The number of pyridine rings is 1. The Bertz CT molecular complexity index is 2120. The Hall–Kier alpha value is -4.25. The van der Waals surface area contributed by atoms with E-state index in [2.05, 4.69) is 58.8 Å². The fourth-order valence-corrected chi connectivity index (χ4v) is 8.61. The van der Waals surface area contributed by atoms with Gasteiger partial charge >= 0.3 is 5.97 Å². The maximum atomic E-state index is 12.3. The molecule has 0 bridgehead atoms. The van der Waals surface area contributed by atoms with Crippen LogP contribution in [0.15, 0.2) is 53.2 Å². The molecule has 5 aromatic rings. The number of benzene rings is 2. The molecule has 0 atom stereocenters. The summed E-state index contributed by atoms with van der Waals surface area (Å²) in [4.78, 5) is 33.6. The molecule has 2 fully saturated rings. The Morgan fingerprint density at radius 1 is 1.04 bits per heavy atom. The van der Waals surface area contributed by atoms with Crippen molar-refractivity contribution in [2.24, 2.45) is 11.3 Å². The quantitative estimate of drug-likeness (QED) is 0.152. The van der Waals surface area contributed by atoms with E-state index >= 15 is 0 Å². The molecule has 11 heteroatoms. The number of ether oxygens (including phenoxy) is 1. The average Bonchev–Trinajstić information content (AvgIpc) is 3.52. The number of carbonyl (C=O) groups is 1. The zero-order valence-corrected chi connectivity index (χ0v) is 31.1. The number of rotatable bonds is 9. The second-order valence-corrected chi connectivity index (χ2v) is 16.0.